The number of carbonyl (C=O) groups is 1. The van der Waals surface area contributed by atoms with E-state index in [4.69, 9.17) is 0 Å². The van der Waals surface area contributed by atoms with Gasteiger partial charge in [0.2, 0.25) is 10.0 Å². The summed E-state index contributed by atoms with van der Waals surface area (Å²) in [6.07, 6.45) is -0.457. The van der Waals surface area contributed by atoms with E-state index >= 15 is 0 Å². The number of anilines is 1. The van der Waals surface area contributed by atoms with Gasteiger partial charge in [-0.3, -0.25) is 10.2 Å². The van der Waals surface area contributed by atoms with Crippen LogP contribution in [0.4, 0.5) is 5.69 Å². The molecule has 2 aliphatic rings. The average molecular weight is 357 g/mol. The number of rotatable bonds is 4. The third-order valence-corrected chi connectivity index (χ3v) is 5.41. The summed E-state index contributed by atoms with van der Waals surface area (Å²) in [6.45, 7) is 0.00697. The lowest BCUT2D eigenvalue weighted by atomic mass is 9.99. The Bertz CT molecular complexity index is 973. The van der Waals surface area contributed by atoms with Gasteiger partial charge in [0.15, 0.2) is 0 Å². The van der Waals surface area contributed by atoms with Gasteiger partial charge in [0.25, 0.3) is 5.91 Å². The lowest BCUT2D eigenvalue weighted by molar-refractivity contribution is 0.0909. The molecular formula is C16H15N5O3S. The van der Waals surface area contributed by atoms with Crippen molar-refractivity contribution in [2.24, 2.45) is 4.99 Å². The van der Waals surface area contributed by atoms with Gasteiger partial charge in [-0.1, -0.05) is 24.3 Å². The number of hydrazine groups is 1. The second-order valence-electron chi connectivity index (χ2n) is 5.61. The first-order valence-electron chi connectivity index (χ1n) is 7.62. The maximum Gasteiger partial charge on any atom is 0.265 e. The van der Waals surface area contributed by atoms with E-state index in [-0.39, 0.29) is 17.3 Å². The zero-order valence-electron chi connectivity index (χ0n) is 13.0. The van der Waals surface area contributed by atoms with E-state index in [2.05, 4.69) is 25.9 Å². The molecular weight excluding hydrogens is 342 g/mol. The molecule has 1 unspecified atom stereocenters. The SMILES string of the molecule is O=C1NNC2N=C(CNS(=O)(=O)c3ccccc3)Nc3cccc1c32. The monoisotopic (exact) mass is 357 g/mol. The molecule has 2 heterocycles. The van der Waals surface area contributed by atoms with Gasteiger partial charge in [-0.2, -0.15) is 0 Å². The normalized spacial score (nSPS) is 18.6. The van der Waals surface area contributed by atoms with Gasteiger partial charge in [-0.15, -0.1) is 0 Å². The minimum absolute atomic E-state index is 0.00697. The Hall–Kier alpha value is -2.75. The molecule has 4 N–H and O–H groups in total. The van der Waals surface area contributed by atoms with Gasteiger partial charge < -0.3 is 5.32 Å². The summed E-state index contributed by atoms with van der Waals surface area (Å²) in [6, 6.07) is 13.4. The number of hydrogen-bond donors (Lipinski definition) is 4. The molecule has 128 valence electrons. The van der Waals surface area contributed by atoms with Gasteiger partial charge in [0, 0.05) is 16.8 Å². The first kappa shape index (κ1) is 15.8. The minimum Gasteiger partial charge on any atom is -0.343 e. The molecule has 4 rings (SSSR count). The van der Waals surface area contributed by atoms with Crippen LogP contribution in [0.15, 0.2) is 58.4 Å². The fourth-order valence-electron chi connectivity index (χ4n) is 2.82. The van der Waals surface area contributed by atoms with Crippen molar-refractivity contribution in [3.63, 3.8) is 0 Å². The molecule has 9 heteroatoms. The van der Waals surface area contributed by atoms with Crippen LogP contribution in [0.3, 0.4) is 0 Å². The van der Waals surface area contributed by atoms with Crippen LogP contribution >= 0.6 is 0 Å². The zero-order valence-corrected chi connectivity index (χ0v) is 13.8. The third kappa shape index (κ3) is 2.88. The van der Waals surface area contributed by atoms with Crippen LogP contribution in [0.2, 0.25) is 0 Å². The highest BCUT2D eigenvalue weighted by atomic mass is 32.2. The van der Waals surface area contributed by atoms with Crippen molar-refractivity contribution in [3.05, 3.63) is 59.7 Å². The van der Waals surface area contributed by atoms with Crippen molar-refractivity contribution in [1.29, 1.82) is 0 Å². The fourth-order valence-corrected chi connectivity index (χ4v) is 3.83. The number of hydrogen-bond acceptors (Lipinski definition) is 6. The second kappa shape index (κ2) is 5.96. The Morgan fingerprint density at radius 3 is 2.68 bits per heavy atom. The lowest BCUT2D eigenvalue weighted by Crippen LogP contribution is -2.47. The lowest BCUT2D eigenvalue weighted by Gasteiger charge is -2.31. The highest BCUT2D eigenvalue weighted by Gasteiger charge is 2.30. The molecule has 2 aromatic carbocycles. The number of benzene rings is 2. The molecule has 25 heavy (non-hydrogen) atoms. The van der Waals surface area contributed by atoms with E-state index < -0.39 is 16.2 Å². The zero-order chi connectivity index (χ0) is 17.4. The number of sulfonamides is 1. The van der Waals surface area contributed by atoms with Crippen molar-refractivity contribution in [3.8, 4) is 0 Å². The van der Waals surface area contributed by atoms with Gasteiger partial charge in [-0.05, 0) is 24.3 Å². The molecule has 0 saturated carbocycles. The number of nitrogens with zero attached hydrogens (tertiary/aromatic N) is 1. The largest absolute Gasteiger partial charge is 0.343 e. The molecule has 0 fully saturated rings. The van der Waals surface area contributed by atoms with Gasteiger partial charge >= 0.3 is 0 Å². The minimum atomic E-state index is -3.63. The molecule has 0 aliphatic carbocycles. The van der Waals surface area contributed by atoms with Crippen LogP contribution in [0.1, 0.15) is 22.1 Å². The Morgan fingerprint density at radius 1 is 1.08 bits per heavy atom. The Labute approximate surface area is 144 Å². The molecule has 1 amide bonds. The van der Waals surface area contributed by atoms with Crippen LogP contribution in [-0.2, 0) is 10.0 Å². The van der Waals surface area contributed by atoms with Crippen molar-refractivity contribution in [2.45, 2.75) is 11.1 Å². The van der Waals surface area contributed by atoms with Crippen LogP contribution in [0.5, 0.6) is 0 Å². The standard InChI is InChI=1S/C16H15N5O3S/c22-16-11-7-4-8-12-14(11)15(20-21-16)19-13(18-12)9-17-25(23,24)10-5-2-1-3-6-10/h1-8,15,17,20H,9H2,(H,18,19)(H,21,22). The predicted octanol–water partition coefficient (Wildman–Crippen LogP) is 0.736. The number of amidine groups is 1. The van der Waals surface area contributed by atoms with Gasteiger partial charge in [0.05, 0.1) is 11.4 Å². The summed E-state index contributed by atoms with van der Waals surface area (Å²) in [4.78, 5) is 16.5. The maximum atomic E-state index is 12.3. The molecule has 0 saturated heterocycles. The molecule has 8 nitrogen and oxygen atoms in total. The topological polar surface area (TPSA) is 112 Å². The molecule has 2 aliphatic heterocycles. The van der Waals surface area contributed by atoms with Crippen LogP contribution in [0.25, 0.3) is 0 Å². The van der Waals surface area contributed by atoms with E-state index in [0.717, 1.165) is 11.3 Å². The molecule has 0 bridgehead atoms. The molecule has 0 radical (unpaired) electrons. The number of aliphatic imine (C=N–C) groups is 1. The smallest absolute Gasteiger partial charge is 0.265 e. The van der Waals surface area contributed by atoms with Crippen molar-refractivity contribution in [1.82, 2.24) is 15.6 Å². The molecule has 0 spiro atoms. The first-order valence-corrected chi connectivity index (χ1v) is 9.10. The van der Waals surface area contributed by atoms with E-state index in [1.165, 1.54) is 12.1 Å². The molecule has 1 atom stereocenters. The Kier molecular flexibility index (Phi) is 3.75. The number of carbonyl (C=O) groups excluding carboxylic acids is 1. The van der Waals surface area contributed by atoms with E-state index in [0.29, 0.717) is 11.4 Å². The van der Waals surface area contributed by atoms with Crippen molar-refractivity contribution < 1.29 is 13.2 Å². The summed E-state index contributed by atoms with van der Waals surface area (Å²) >= 11 is 0. The number of amides is 1. The fraction of sp³-hybridized carbons (Fsp3) is 0.125. The molecule has 0 aromatic heterocycles. The van der Waals surface area contributed by atoms with Gasteiger partial charge in [-0.25, -0.2) is 23.6 Å². The summed E-state index contributed by atoms with van der Waals surface area (Å²) in [5.74, 6) is 0.233. The van der Waals surface area contributed by atoms with Crippen LogP contribution in [-0.4, -0.2) is 26.7 Å². The maximum absolute atomic E-state index is 12.3. The Balaban J connectivity index is 1.56. The second-order valence-corrected chi connectivity index (χ2v) is 7.37. The van der Waals surface area contributed by atoms with Crippen molar-refractivity contribution >= 4 is 27.5 Å². The molecule has 2 aromatic rings. The van der Waals surface area contributed by atoms with E-state index in [1.807, 2.05) is 6.07 Å². The first-order chi connectivity index (χ1) is 12.0. The highest BCUT2D eigenvalue weighted by molar-refractivity contribution is 7.89. The average Bonchev–Trinajstić information content (AvgIpc) is 2.64. The number of nitrogens with one attached hydrogen (secondary N) is 4. The Morgan fingerprint density at radius 2 is 1.88 bits per heavy atom. The summed E-state index contributed by atoms with van der Waals surface area (Å²) in [5.41, 5.74) is 7.40. The van der Waals surface area contributed by atoms with E-state index in [1.54, 1.807) is 30.3 Å². The van der Waals surface area contributed by atoms with Gasteiger partial charge in [0.1, 0.15) is 12.0 Å². The van der Waals surface area contributed by atoms with E-state index in [9.17, 15) is 13.2 Å². The van der Waals surface area contributed by atoms with Crippen LogP contribution < -0.4 is 20.9 Å². The summed E-state index contributed by atoms with van der Waals surface area (Å²) in [5, 5.41) is 3.08. The summed E-state index contributed by atoms with van der Waals surface area (Å²) < 4.78 is 27.2. The third-order valence-electron chi connectivity index (χ3n) is 3.99. The predicted molar refractivity (Wildman–Crippen MR) is 92.5 cm³/mol. The summed E-state index contributed by atoms with van der Waals surface area (Å²) in [7, 11) is -3.63. The highest BCUT2D eigenvalue weighted by Crippen LogP contribution is 2.32. The quantitative estimate of drug-likeness (QED) is 0.645. The van der Waals surface area contributed by atoms with Crippen LogP contribution in [0, 0.1) is 0 Å². The van der Waals surface area contributed by atoms with Crippen molar-refractivity contribution in [2.75, 3.05) is 11.9 Å².